The highest BCUT2D eigenvalue weighted by Gasteiger charge is 2.24. The summed E-state index contributed by atoms with van der Waals surface area (Å²) >= 11 is 0. The Bertz CT molecular complexity index is 789. The first-order valence-electron chi connectivity index (χ1n) is 8.99. The van der Waals surface area contributed by atoms with Gasteiger partial charge in [0.15, 0.2) is 0 Å². The molecule has 0 heterocycles. The lowest BCUT2D eigenvalue weighted by molar-refractivity contribution is -0.119. The first-order valence-corrected chi connectivity index (χ1v) is 10.8. The van der Waals surface area contributed by atoms with Gasteiger partial charge in [0.2, 0.25) is 15.9 Å². The number of carbonyl (C=O) groups excluding carboxylic acids is 1. The van der Waals surface area contributed by atoms with Gasteiger partial charge in [0.1, 0.15) is 18.0 Å². The third-order valence-electron chi connectivity index (χ3n) is 4.50. The van der Waals surface area contributed by atoms with Crippen molar-refractivity contribution in [3.05, 3.63) is 29.8 Å². The van der Waals surface area contributed by atoms with Crippen LogP contribution in [0.1, 0.15) is 32.1 Å². The second kappa shape index (κ2) is 9.64. The second-order valence-corrected chi connectivity index (χ2v) is 8.42. The van der Waals surface area contributed by atoms with Gasteiger partial charge in [-0.1, -0.05) is 11.6 Å². The number of rotatable bonds is 9. The van der Waals surface area contributed by atoms with Crippen LogP contribution in [0, 0.1) is 0 Å². The number of anilines is 1. The number of hydrogen-bond donors (Lipinski definition) is 1. The molecular formula is C19H28N2O5S. The molecule has 8 heteroatoms. The average Bonchev–Trinajstić information content (AvgIpc) is 2.65. The van der Waals surface area contributed by atoms with E-state index in [4.69, 9.17) is 9.47 Å². The molecule has 27 heavy (non-hydrogen) atoms. The van der Waals surface area contributed by atoms with E-state index in [1.54, 1.807) is 18.2 Å². The van der Waals surface area contributed by atoms with Gasteiger partial charge in [-0.3, -0.25) is 9.10 Å². The Labute approximate surface area is 161 Å². The molecule has 0 aliphatic heterocycles. The van der Waals surface area contributed by atoms with Crippen molar-refractivity contribution in [2.45, 2.75) is 32.1 Å². The summed E-state index contributed by atoms with van der Waals surface area (Å²) in [5.74, 6) is 0.504. The van der Waals surface area contributed by atoms with Crippen LogP contribution in [0.4, 0.5) is 5.69 Å². The Morgan fingerprint density at radius 2 is 2.00 bits per heavy atom. The summed E-state index contributed by atoms with van der Waals surface area (Å²) in [5, 5.41) is 2.81. The van der Waals surface area contributed by atoms with E-state index in [9.17, 15) is 13.2 Å². The summed E-state index contributed by atoms with van der Waals surface area (Å²) in [6.45, 7) is 0.197. The molecule has 0 unspecified atom stereocenters. The lowest BCUT2D eigenvalue weighted by atomic mass is 9.97. The molecule has 150 valence electrons. The predicted molar refractivity (Wildman–Crippen MR) is 106 cm³/mol. The molecule has 0 aromatic heterocycles. The topological polar surface area (TPSA) is 84.9 Å². The van der Waals surface area contributed by atoms with Crippen LogP contribution >= 0.6 is 0 Å². The van der Waals surface area contributed by atoms with Gasteiger partial charge in [0, 0.05) is 12.6 Å². The molecule has 0 radical (unpaired) electrons. The van der Waals surface area contributed by atoms with E-state index >= 15 is 0 Å². The van der Waals surface area contributed by atoms with Gasteiger partial charge in [-0.15, -0.1) is 0 Å². The molecule has 7 nitrogen and oxygen atoms in total. The zero-order valence-electron chi connectivity index (χ0n) is 16.2. The van der Waals surface area contributed by atoms with Crippen LogP contribution in [-0.2, 0) is 14.8 Å². The third kappa shape index (κ3) is 6.16. The first kappa shape index (κ1) is 21.1. The van der Waals surface area contributed by atoms with Crippen molar-refractivity contribution in [2.24, 2.45) is 0 Å². The molecule has 1 aliphatic rings. The summed E-state index contributed by atoms with van der Waals surface area (Å²) in [5.41, 5.74) is 1.66. The molecule has 0 spiro atoms. The lowest BCUT2D eigenvalue weighted by Crippen LogP contribution is -2.40. The van der Waals surface area contributed by atoms with Crippen LogP contribution in [0.25, 0.3) is 0 Å². The normalized spacial score (nSPS) is 14.3. The molecule has 1 aromatic carbocycles. The molecular weight excluding hydrogens is 368 g/mol. The minimum absolute atomic E-state index is 0.297. The van der Waals surface area contributed by atoms with Crippen molar-refractivity contribution in [3.8, 4) is 11.5 Å². The Morgan fingerprint density at radius 3 is 2.59 bits per heavy atom. The third-order valence-corrected chi connectivity index (χ3v) is 5.62. The van der Waals surface area contributed by atoms with Crippen LogP contribution in [0.3, 0.4) is 0 Å². The quantitative estimate of drug-likeness (QED) is 0.648. The Hall–Kier alpha value is -2.22. The monoisotopic (exact) mass is 396 g/mol. The van der Waals surface area contributed by atoms with Crippen molar-refractivity contribution in [1.82, 2.24) is 5.32 Å². The van der Waals surface area contributed by atoms with Crippen LogP contribution < -0.4 is 19.1 Å². The average molecular weight is 397 g/mol. The van der Waals surface area contributed by atoms with Crippen molar-refractivity contribution in [1.29, 1.82) is 0 Å². The van der Waals surface area contributed by atoms with Gasteiger partial charge in [-0.25, -0.2) is 8.42 Å². The van der Waals surface area contributed by atoms with Crippen LogP contribution in [0.5, 0.6) is 11.5 Å². The summed E-state index contributed by atoms with van der Waals surface area (Å²) in [7, 11) is -0.717. The molecule has 0 saturated carbocycles. The molecule has 0 atom stereocenters. The van der Waals surface area contributed by atoms with Crippen LogP contribution in [-0.4, -0.2) is 47.9 Å². The van der Waals surface area contributed by atoms with E-state index in [1.807, 2.05) is 0 Å². The Morgan fingerprint density at radius 1 is 1.22 bits per heavy atom. The Kier molecular flexibility index (Phi) is 7.53. The lowest BCUT2D eigenvalue weighted by Gasteiger charge is -2.24. The van der Waals surface area contributed by atoms with Crippen molar-refractivity contribution in [3.63, 3.8) is 0 Å². The zero-order valence-corrected chi connectivity index (χ0v) is 17.0. The molecule has 1 aliphatic carbocycles. The minimum atomic E-state index is -3.67. The maximum atomic E-state index is 12.3. The van der Waals surface area contributed by atoms with E-state index in [1.165, 1.54) is 32.6 Å². The molecule has 0 bridgehead atoms. The number of benzene rings is 1. The standard InChI is InChI=1S/C19H28N2O5S/c1-25-16-9-10-17(18(13-16)26-2)21(27(3,23)24)14-19(22)20-12-11-15-7-5-4-6-8-15/h7,9-10,13H,4-6,8,11-12,14H2,1-3H3,(H,20,22). The number of sulfonamides is 1. The highest BCUT2D eigenvalue weighted by atomic mass is 32.2. The van der Waals surface area contributed by atoms with E-state index in [0.717, 1.165) is 29.8 Å². The number of ether oxygens (including phenoxy) is 2. The number of allylic oxidation sites excluding steroid dienone is 1. The fourth-order valence-corrected chi connectivity index (χ4v) is 3.91. The second-order valence-electron chi connectivity index (χ2n) is 6.52. The fourth-order valence-electron chi connectivity index (χ4n) is 3.05. The molecule has 0 fully saturated rings. The van der Waals surface area contributed by atoms with Crippen LogP contribution in [0.15, 0.2) is 29.8 Å². The molecule has 1 aromatic rings. The van der Waals surface area contributed by atoms with Gasteiger partial charge in [-0.05, 0) is 44.2 Å². The highest BCUT2D eigenvalue weighted by molar-refractivity contribution is 7.92. The number of hydrogen-bond acceptors (Lipinski definition) is 5. The van der Waals surface area contributed by atoms with Gasteiger partial charge in [0.25, 0.3) is 0 Å². The molecule has 1 amide bonds. The summed E-state index contributed by atoms with van der Waals surface area (Å²) in [4.78, 5) is 12.3. The first-order chi connectivity index (χ1) is 12.8. The van der Waals surface area contributed by atoms with E-state index in [2.05, 4.69) is 11.4 Å². The maximum Gasteiger partial charge on any atom is 0.240 e. The fraction of sp³-hybridized carbons (Fsp3) is 0.526. The summed E-state index contributed by atoms with van der Waals surface area (Å²) in [6.07, 6.45) is 8.70. The van der Waals surface area contributed by atoms with Gasteiger partial charge < -0.3 is 14.8 Å². The molecule has 2 rings (SSSR count). The van der Waals surface area contributed by atoms with E-state index in [0.29, 0.717) is 23.7 Å². The Balaban J connectivity index is 2.06. The van der Waals surface area contributed by atoms with Crippen molar-refractivity contribution >= 4 is 21.6 Å². The SMILES string of the molecule is COc1ccc(N(CC(=O)NCCC2=CCCCC2)S(C)(=O)=O)c(OC)c1. The van der Waals surface area contributed by atoms with E-state index < -0.39 is 10.0 Å². The largest absolute Gasteiger partial charge is 0.497 e. The smallest absolute Gasteiger partial charge is 0.240 e. The van der Waals surface area contributed by atoms with Crippen molar-refractivity contribution in [2.75, 3.05) is 37.9 Å². The summed E-state index contributed by atoms with van der Waals surface area (Å²) < 4.78 is 36.0. The molecule has 1 N–H and O–H groups in total. The van der Waals surface area contributed by atoms with Gasteiger partial charge in [-0.2, -0.15) is 0 Å². The minimum Gasteiger partial charge on any atom is -0.497 e. The van der Waals surface area contributed by atoms with Crippen molar-refractivity contribution < 1.29 is 22.7 Å². The predicted octanol–water partition coefficient (Wildman–Crippen LogP) is 2.48. The van der Waals surface area contributed by atoms with Gasteiger partial charge >= 0.3 is 0 Å². The number of methoxy groups -OCH3 is 2. The maximum absolute atomic E-state index is 12.3. The highest BCUT2D eigenvalue weighted by Crippen LogP contribution is 2.33. The number of carbonyl (C=O) groups is 1. The molecule has 0 saturated heterocycles. The zero-order chi connectivity index (χ0) is 19.9. The number of nitrogens with one attached hydrogen (secondary N) is 1. The number of nitrogens with zero attached hydrogens (tertiary/aromatic N) is 1. The van der Waals surface area contributed by atoms with Gasteiger partial charge in [0.05, 0.1) is 26.2 Å². The van der Waals surface area contributed by atoms with Crippen LogP contribution in [0.2, 0.25) is 0 Å². The number of amides is 1. The summed E-state index contributed by atoms with van der Waals surface area (Å²) in [6, 6.07) is 4.78. The van der Waals surface area contributed by atoms with E-state index in [-0.39, 0.29) is 12.5 Å².